The van der Waals surface area contributed by atoms with E-state index in [2.05, 4.69) is 20.4 Å². The van der Waals surface area contributed by atoms with E-state index in [1.807, 2.05) is 25.7 Å². The van der Waals surface area contributed by atoms with Crippen molar-refractivity contribution >= 4 is 29.5 Å². The van der Waals surface area contributed by atoms with E-state index in [4.69, 9.17) is 4.74 Å². The minimum atomic E-state index is -0.727. The van der Waals surface area contributed by atoms with Crippen molar-refractivity contribution in [3.8, 4) is 0 Å². The lowest BCUT2D eigenvalue weighted by atomic mass is 9.66. The summed E-state index contributed by atoms with van der Waals surface area (Å²) >= 11 is 1.65. The molecule has 1 spiro atoms. The molecule has 8 heteroatoms. The summed E-state index contributed by atoms with van der Waals surface area (Å²) in [5, 5.41) is 10.4. The Bertz CT molecular complexity index is 821. The fourth-order valence-electron chi connectivity index (χ4n) is 6.77. The van der Waals surface area contributed by atoms with Gasteiger partial charge < -0.3 is 19.6 Å². The average molecular weight is 509 g/mol. The minimum absolute atomic E-state index is 0.00570. The van der Waals surface area contributed by atoms with Gasteiger partial charge in [-0.25, -0.2) is 0 Å². The van der Waals surface area contributed by atoms with Crippen LogP contribution in [0.4, 0.5) is 0 Å². The van der Waals surface area contributed by atoms with Crippen LogP contribution in [-0.4, -0.2) is 80.6 Å². The first-order valence-corrected chi connectivity index (χ1v) is 14.2. The standard InChI is InChI=1S/C27H44N2O5S/c1-8-12-18(7)28(13-9-2)25(32)23-27-17(6)14-20(35-27)21(26(33)34-11-4)22(27)24(31)29(23)19(15-30)16(5)10-3/h9,16-23,30H,2,8,10-15H2,1,3-7H3/t16-,17?,18?,19-,20-,21+,22-,23?,27?/m0/s1. The number of esters is 1. The summed E-state index contributed by atoms with van der Waals surface area (Å²) in [5.41, 5.74) is 0. The zero-order chi connectivity index (χ0) is 26.1. The topological polar surface area (TPSA) is 87.2 Å². The molecule has 0 saturated carbocycles. The van der Waals surface area contributed by atoms with Gasteiger partial charge in [-0.2, -0.15) is 0 Å². The molecule has 1 N–H and O–H groups in total. The van der Waals surface area contributed by atoms with Gasteiger partial charge in [0.05, 0.1) is 35.8 Å². The largest absolute Gasteiger partial charge is 0.466 e. The van der Waals surface area contributed by atoms with E-state index in [0.717, 1.165) is 25.7 Å². The first kappa shape index (κ1) is 28.0. The van der Waals surface area contributed by atoms with Crippen molar-refractivity contribution in [2.24, 2.45) is 23.7 Å². The molecule has 0 aromatic heterocycles. The number of aliphatic hydroxyl groups is 1. The van der Waals surface area contributed by atoms with Gasteiger partial charge in [0.25, 0.3) is 0 Å². The Balaban J connectivity index is 2.17. The molecule has 0 aliphatic carbocycles. The Hall–Kier alpha value is -1.54. The number of thioether (sulfide) groups is 1. The second kappa shape index (κ2) is 11.2. The van der Waals surface area contributed by atoms with Gasteiger partial charge in [-0.15, -0.1) is 18.3 Å². The van der Waals surface area contributed by atoms with Crippen molar-refractivity contribution in [3.63, 3.8) is 0 Å². The van der Waals surface area contributed by atoms with Crippen molar-refractivity contribution in [3.05, 3.63) is 12.7 Å². The molecule has 3 heterocycles. The first-order valence-electron chi connectivity index (χ1n) is 13.3. The first-order chi connectivity index (χ1) is 16.7. The number of hydrogen-bond donors (Lipinski definition) is 1. The van der Waals surface area contributed by atoms with E-state index in [1.165, 1.54) is 0 Å². The predicted molar refractivity (Wildman–Crippen MR) is 139 cm³/mol. The van der Waals surface area contributed by atoms with Gasteiger partial charge in [-0.3, -0.25) is 14.4 Å². The highest BCUT2D eigenvalue weighted by atomic mass is 32.2. The van der Waals surface area contributed by atoms with Crippen LogP contribution in [0, 0.1) is 23.7 Å². The van der Waals surface area contributed by atoms with Crippen LogP contribution in [0.3, 0.4) is 0 Å². The van der Waals surface area contributed by atoms with Gasteiger partial charge in [-0.05, 0) is 38.5 Å². The maximum Gasteiger partial charge on any atom is 0.310 e. The van der Waals surface area contributed by atoms with Crippen LogP contribution in [0.25, 0.3) is 0 Å². The van der Waals surface area contributed by atoms with E-state index in [-0.39, 0.29) is 54.1 Å². The summed E-state index contributed by atoms with van der Waals surface area (Å²) in [6.07, 6.45) is 5.07. The molecule has 0 aromatic carbocycles. The van der Waals surface area contributed by atoms with Gasteiger partial charge in [0, 0.05) is 17.8 Å². The lowest BCUT2D eigenvalue weighted by molar-refractivity contribution is -0.154. The summed E-state index contributed by atoms with van der Waals surface area (Å²) in [7, 11) is 0. The summed E-state index contributed by atoms with van der Waals surface area (Å²) in [6, 6.07) is -1.22. The number of nitrogens with zero attached hydrogens (tertiary/aromatic N) is 2. The van der Waals surface area contributed by atoms with Gasteiger partial charge in [-0.1, -0.05) is 46.6 Å². The maximum absolute atomic E-state index is 14.5. The van der Waals surface area contributed by atoms with Crippen molar-refractivity contribution in [2.75, 3.05) is 19.8 Å². The van der Waals surface area contributed by atoms with E-state index in [0.29, 0.717) is 6.54 Å². The van der Waals surface area contributed by atoms with Crippen LogP contribution >= 0.6 is 11.8 Å². The van der Waals surface area contributed by atoms with E-state index in [1.54, 1.807) is 29.7 Å². The third kappa shape index (κ3) is 4.43. The normalized spacial score (nSPS) is 33.9. The molecule has 35 heavy (non-hydrogen) atoms. The second-order valence-corrected chi connectivity index (χ2v) is 12.2. The van der Waals surface area contributed by atoms with Crippen LogP contribution in [0.1, 0.15) is 67.2 Å². The van der Waals surface area contributed by atoms with Gasteiger partial charge >= 0.3 is 5.97 Å². The summed E-state index contributed by atoms with van der Waals surface area (Å²) in [4.78, 5) is 45.4. The number of likely N-dealkylation sites (tertiary alicyclic amines) is 1. The molecule has 0 radical (unpaired) electrons. The molecule has 198 valence electrons. The number of carbonyl (C=O) groups excluding carboxylic acids is 3. The van der Waals surface area contributed by atoms with Crippen LogP contribution < -0.4 is 0 Å². The van der Waals surface area contributed by atoms with Crippen LogP contribution in [-0.2, 0) is 19.1 Å². The number of fused-ring (bicyclic) bond motifs is 1. The van der Waals surface area contributed by atoms with Gasteiger partial charge in [0.2, 0.25) is 11.8 Å². The highest BCUT2D eigenvalue weighted by Crippen LogP contribution is 2.69. The Morgan fingerprint density at radius 3 is 2.57 bits per heavy atom. The molecule has 3 aliphatic rings. The summed E-state index contributed by atoms with van der Waals surface area (Å²) in [6.45, 7) is 16.4. The molecule has 2 amide bonds. The Morgan fingerprint density at radius 2 is 2.03 bits per heavy atom. The zero-order valence-electron chi connectivity index (χ0n) is 22.2. The van der Waals surface area contributed by atoms with E-state index >= 15 is 0 Å². The fraction of sp³-hybridized carbons (Fsp3) is 0.815. The predicted octanol–water partition coefficient (Wildman–Crippen LogP) is 3.50. The van der Waals surface area contributed by atoms with Crippen LogP contribution in [0.2, 0.25) is 0 Å². The van der Waals surface area contributed by atoms with Gasteiger partial charge in [0.1, 0.15) is 6.04 Å². The van der Waals surface area contributed by atoms with E-state index < -0.39 is 28.7 Å². The number of aliphatic hydroxyl groups excluding tert-OH is 1. The van der Waals surface area contributed by atoms with E-state index in [9.17, 15) is 19.5 Å². The van der Waals surface area contributed by atoms with Crippen molar-refractivity contribution in [1.82, 2.24) is 9.80 Å². The monoisotopic (exact) mass is 508 g/mol. The van der Waals surface area contributed by atoms with Gasteiger partial charge in [0.15, 0.2) is 0 Å². The van der Waals surface area contributed by atoms with Crippen molar-refractivity contribution < 1.29 is 24.2 Å². The quantitative estimate of drug-likeness (QED) is 0.321. The molecule has 2 bridgehead atoms. The highest BCUT2D eigenvalue weighted by Gasteiger charge is 2.77. The number of rotatable bonds is 12. The lowest BCUT2D eigenvalue weighted by Gasteiger charge is -2.44. The molecule has 0 aromatic rings. The SMILES string of the molecule is C=CCN(C(=O)C1N([C@@H](CO)[C@@H](C)CC)C(=O)[C@@H]2[C@H](C(=O)OCC)[C@@H]3CC(C)C12S3)C(C)CCC. The zero-order valence-corrected chi connectivity index (χ0v) is 23.1. The molecule has 3 aliphatic heterocycles. The van der Waals surface area contributed by atoms with Crippen molar-refractivity contribution in [2.45, 2.75) is 95.3 Å². The molecule has 3 fully saturated rings. The highest BCUT2D eigenvalue weighted by molar-refractivity contribution is 8.02. The Kier molecular flexibility index (Phi) is 9.01. The molecule has 3 saturated heterocycles. The van der Waals surface area contributed by atoms with Crippen molar-refractivity contribution in [1.29, 1.82) is 0 Å². The lowest BCUT2D eigenvalue weighted by Crippen LogP contribution is -2.61. The number of hydrogen-bond acceptors (Lipinski definition) is 6. The molecule has 9 atom stereocenters. The fourth-order valence-corrected chi connectivity index (χ4v) is 9.16. The summed E-state index contributed by atoms with van der Waals surface area (Å²) in [5.74, 6) is -1.68. The third-order valence-electron chi connectivity index (χ3n) is 8.67. The summed E-state index contributed by atoms with van der Waals surface area (Å²) < 4.78 is 4.72. The number of amides is 2. The second-order valence-electron chi connectivity index (χ2n) is 10.6. The molecule has 3 rings (SSSR count). The number of carbonyl (C=O) groups is 3. The molecular weight excluding hydrogens is 464 g/mol. The van der Waals surface area contributed by atoms with Crippen LogP contribution in [0.15, 0.2) is 12.7 Å². The minimum Gasteiger partial charge on any atom is -0.466 e. The average Bonchev–Trinajstić information content (AvgIpc) is 3.42. The third-order valence-corrected chi connectivity index (χ3v) is 10.7. The molecule has 7 nitrogen and oxygen atoms in total. The smallest absolute Gasteiger partial charge is 0.310 e. The number of ether oxygens (including phenoxy) is 1. The maximum atomic E-state index is 14.5. The Morgan fingerprint density at radius 1 is 1.34 bits per heavy atom. The molecular formula is C27H44N2O5S. The Labute approximate surface area is 215 Å². The molecule has 4 unspecified atom stereocenters. The van der Waals surface area contributed by atoms with Crippen LogP contribution in [0.5, 0.6) is 0 Å².